The summed E-state index contributed by atoms with van der Waals surface area (Å²) in [5, 5.41) is 22.8. The summed E-state index contributed by atoms with van der Waals surface area (Å²) >= 11 is 1.31. The van der Waals surface area contributed by atoms with Crippen LogP contribution in [0, 0.1) is 17.2 Å². The summed E-state index contributed by atoms with van der Waals surface area (Å²) in [5.41, 5.74) is 2.14. The standard InChI is InChI=1S/C15H17N7OS/c16-5-11-1-2-13(17-6-11)18-7-12-3-4-22(8-12)9-14(23)20-15-21-19-10-24-15/h1-2,6,10,12H,3-4,7-9H2,(H,17,18)(H,20,21,23). The zero-order valence-corrected chi connectivity index (χ0v) is 13.8. The average molecular weight is 343 g/mol. The summed E-state index contributed by atoms with van der Waals surface area (Å²) in [6, 6.07) is 5.60. The number of carbonyl (C=O) groups is 1. The number of anilines is 2. The molecule has 1 saturated heterocycles. The Morgan fingerprint density at radius 1 is 1.50 bits per heavy atom. The fraction of sp³-hybridized carbons (Fsp3) is 0.400. The molecule has 1 unspecified atom stereocenters. The molecule has 1 amide bonds. The fourth-order valence-electron chi connectivity index (χ4n) is 2.63. The predicted molar refractivity (Wildman–Crippen MR) is 90.5 cm³/mol. The molecule has 124 valence electrons. The minimum Gasteiger partial charge on any atom is -0.370 e. The van der Waals surface area contributed by atoms with E-state index in [0.29, 0.717) is 23.2 Å². The Balaban J connectivity index is 1.40. The van der Waals surface area contributed by atoms with Crippen LogP contribution in [0.2, 0.25) is 0 Å². The second-order valence-corrected chi connectivity index (χ2v) is 6.44. The van der Waals surface area contributed by atoms with Crippen molar-refractivity contribution in [2.45, 2.75) is 6.42 Å². The number of nitrogens with zero attached hydrogens (tertiary/aromatic N) is 5. The quantitative estimate of drug-likeness (QED) is 0.811. The van der Waals surface area contributed by atoms with Crippen molar-refractivity contribution in [1.82, 2.24) is 20.1 Å². The second-order valence-electron chi connectivity index (χ2n) is 5.61. The first-order valence-corrected chi connectivity index (χ1v) is 8.49. The lowest BCUT2D eigenvalue weighted by molar-refractivity contribution is -0.117. The molecule has 2 aromatic heterocycles. The molecule has 0 aliphatic carbocycles. The van der Waals surface area contributed by atoms with Crippen molar-refractivity contribution in [3.8, 4) is 6.07 Å². The van der Waals surface area contributed by atoms with E-state index in [-0.39, 0.29) is 5.91 Å². The van der Waals surface area contributed by atoms with Crippen molar-refractivity contribution >= 4 is 28.2 Å². The van der Waals surface area contributed by atoms with Crippen molar-refractivity contribution in [3.05, 3.63) is 29.4 Å². The number of hydrogen-bond acceptors (Lipinski definition) is 8. The lowest BCUT2D eigenvalue weighted by Crippen LogP contribution is -2.32. The molecule has 0 aromatic carbocycles. The molecule has 2 N–H and O–H groups in total. The van der Waals surface area contributed by atoms with E-state index in [1.807, 2.05) is 6.07 Å². The number of amides is 1. The number of nitriles is 1. The van der Waals surface area contributed by atoms with Crippen molar-refractivity contribution in [3.63, 3.8) is 0 Å². The van der Waals surface area contributed by atoms with Gasteiger partial charge in [0.2, 0.25) is 11.0 Å². The molecule has 1 aliphatic heterocycles. The highest BCUT2D eigenvalue weighted by Gasteiger charge is 2.24. The fourth-order valence-corrected chi connectivity index (χ4v) is 3.09. The second kappa shape index (κ2) is 7.81. The third-order valence-electron chi connectivity index (χ3n) is 3.81. The van der Waals surface area contributed by atoms with Gasteiger partial charge in [-0.05, 0) is 31.0 Å². The van der Waals surface area contributed by atoms with E-state index in [4.69, 9.17) is 5.26 Å². The number of rotatable bonds is 6. The van der Waals surface area contributed by atoms with Gasteiger partial charge in [0.25, 0.3) is 0 Å². The topological polar surface area (TPSA) is 107 Å². The van der Waals surface area contributed by atoms with Crippen molar-refractivity contribution in [1.29, 1.82) is 5.26 Å². The van der Waals surface area contributed by atoms with Gasteiger partial charge < -0.3 is 5.32 Å². The molecule has 8 nitrogen and oxygen atoms in total. The van der Waals surface area contributed by atoms with Crippen molar-refractivity contribution in [2.24, 2.45) is 5.92 Å². The molecule has 0 spiro atoms. The Hall–Kier alpha value is -2.57. The maximum atomic E-state index is 11.9. The number of aromatic nitrogens is 3. The van der Waals surface area contributed by atoms with Crippen LogP contribution in [0.1, 0.15) is 12.0 Å². The third-order valence-corrected chi connectivity index (χ3v) is 4.41. The van der Waals surface area contributed by atoms with Crippen LogP contribution in [0.3, 0.4) is 0 Å². The molecule has 0 radical (unpaired) electrons. The third kappa shape index (κ3) is 4.47. The van der Waals surface area contributed by atoms with Gasteiger partial charge in [0.05, 0.1) is 12.1 Å². The molecular weight excluding hydrogens is 326 g/mol. The number of nitrogens with one attached hydrogen (secondary N) is 2. The number of pyridine rings is 1. The SMILES string of the molecule is N#Cc1ccc(NCC2CCN(CC(=O)Nc3nncs3)C2)nc1. The van der Waals surface area contributed by atoms with E-state index in [1.54, 1.807) is 23.8 Å². The summed E-state index contributed by atoms with van der Waals surface area (Å²) in [7, 11) is 0. The average Bonchev–Trinajstić information content (AvgIpc) is 3.25. The highest BCUT2D eigenvalue weighted by molar-refractivity contribution is 7.13. The van der Waals surface area contributed by atoms with Gasteiger partial charge in [-0.1, -0.05) is 11.3 Å². The van der Waals surface area contributed by atoms with Crippen LogP contribution in [0.25, 0.3) is 0 Å². The smallest absolute Gasteiger partial charge is 0.240 e. The van der Waals surface area contributed by atoms with Crippen molar-refractivity contribution < 1.29 is 4.79 Å². The number of hydrogen-bond donors (Lipinski definition) is 2. The molecule has 3 heterocycles. The monoisotopic (exact) mass is 343 g/mol. The molecular formula is C15H17N7OS. The van der Waals surface area contributed by atoms with E-state index >= 15 is 0 Å². The van der Waals surface area contributed by atoms with Gasteiger partial charge in [-0.2, -0.15) is 5.26 Å². The van der Waals surface area contributed by atoms with Gasteiger partial charge in [-0.25, -0.2) is 4.98 Å². The summed E-state index contributed by atoms with van der Waals surface area (Å²) in [6.07, 6.45) is 2.59. The normalized spacial score (nSPS) is 17.4. The van der Waals surface area contributed by atoms with Crippen LogP contribution in [0.5, 0.6) is 0 Å². The Labute approximate surface area is 143 Å². The van der Waals surface area contributed by atoms with Crippen LogP contribution < -0.4 is 10.6 Å². The summed E-state index contributed by atoms with van der Waals surface area (Å²) in [6.45, 7) is 2.93. The van der Waals surface area contributed by atoms with E-state index in [0.717, 1.165) is 31.9 Å². The molecule has 0 bridgehead atoms. The zero-order chi connectivity index (χ0) is 16.8. The minimum absolute atomic E-state index is 0.0610. The Morgan fingerprint density at radius 2 is 2.42 bits per heavy atom. The van der Waals surface area contributed by atoms with Crippen LogP contribution in [0.4, 0.5) is 10.9 Å². The predicted octanol–water partition coefficient (Wildman–Crippen LogP) is 1.18. The highest BCUT2D eigenvalue weighted by Crippen LogP contribution is 2.17. The lowest BCUT2D eigenvalue weighted by atomic mass is 10.1. The lowest BCUT2D eigenvalue weighted by Gasteiger charge is -2.15. The largest absolute Gasteiger partial charge is 0.370 e. The van der Waals surface area contributed by atoms with Gasteiger partial charge >= 0.3 is 0 Å². The van der Waals surface area contributed by atoms with E-state index in [2.05, 4.69) is 30.7 Å². The van der Waals surface area contributed by atoms with Crippen LogP contribution in [0.15, 0.2) is 23.8 Å². The number of carbonyl (C=O) groups excluding carboxylic acids is 1. The van der Waals surface area contributed by atoms with Gasteiger partial charge in [-0.15, -0.1) is 10.2 Å². The highest BCUT2D eigenvalue weighted by atomic mass is 32.1. The zero-order valence-electron chi connectivity index (χ0n) is 13.0. The number of likely N-dealkylation sites (tertiary alicyclic amines) is 1. The Kier molecular flexibility index (Phi) is 5.30. The summed E-state index contributed by atoms with van der Waals surface area (Å²) in [5.74, 6) is 1.17. The minimum atomic E-state index is -0.0610. The molecule has 2 aromatic rings. The Bertz CT molecular complexity index is 710. The molecule has 0 saturated carbocycles. The first-order valence-electron chi connectivity index (χ1n) is 7.61. The maximum absolute atomic E-state index is 11.9. The van der Waals surface area contributed by atoms with E-state index in [9.17, 15) is 4.79 Å². The Morgan fingerprint density at radius 3 is 3.12 bits per heavy atom. The van der Waals surface area contributed by atoms with Crippen molar-refractivity contribution in [2.75, 3.05) is 36.8 Å². The van der Waals surface area contributed by atoms with Crippen LogP contribution >= 0.6 is 11.3 Å². The van der Waals surface area contributed by atoms with E-state index in [1.165, 1.54) is 11.3 Å². The van der Waals surface area contributed by atoms with E-state index < -0.39 is 0 Å². The van der Waals surface area contributed by atoms with Gasteiger partial charge in [0, 0.05) is 19.3 Å². The molecule has 1 fully saturated rings. The first kappa shape index (κ1) is 16.3. The van der Waals surface area contributed by atoms with Gasteiger partial charge in [0.1, 0.15) is 17.4 Å². The molecule has 24 heavy (non-hydrogen) atoms. The maximum Gasteiger partial charge on any atom is 0.240 e. The molecule has 1 atom stereocenters. The van der Waals surface area contributed by atoms with Crippen LogP contribution in [-0.4, -0.2) is 52.2 Å². The molecule has 1 aliphatic rings. The molecule has 3 rings (SSSR count). The summed E-state index contributed by atoms with van der Waals surface area (Å²) < 4.78 is 0. The van der Waals surface area contributed by atoms with Gasteiger partial charge in [0.15, 0.2) is 0 Å². The summed E-state index contributed by atoms with van der Waals surface area (Å²) in [4.78, 5) is 18.3. The van der Waals surface area contributed by atoms with Gasteiger partial charge in [-0.3, -0.25) is 15.0 Å². The molecule has 9 heteroatoms. The first-order chi connectivity index (χ1) is 11.7. The van der Waals surface area contributed by atoms with Crippen LogP contribution in [-0.2, 0) is 4.79 Å².